The lowest BCUT2D eigenvalue weighted by Gasteiger charge is -2.07. The molecule has 4 nitrogen and oxygen atoms in total. The van der Waals surface area contributed by atoms with Crippen LogP contribution in [0.4, 0.5) is 5.69 Å². The zero-order valence-corrected chi connectivity index (χ0v) is 11.3. The minimum Gasteiger partial charge on any atom is -0.484 e. The molecule has 1 aromatic heterocycles. The molecule has 102 valence electrons. The number of fused-ring (bicyclic) bond motifs is 1. The molecule has 2 N–H and O–H groups in total. The summed E-state index contributed by atoms with van der Waals surface area (Å²) < 4.78 is 11.4. The van der Waals surface area contributed by atoms with Gasteiger partial charge in [0.1, 0.15) is 11.3 Å². The second-order valence-electron chi connectivity index (χ2n) is 4.58. The quantitative estimate of drug-likeness (QED) is 0.735. The summed E-state index contributed by atoms with van der Waals surface area (Å²) in [7, 11) is 0. The Balaban J connectivity index is 1.79. The standard InChI is InChI=1S/C16H16N2O2/c1-2-11-5-3-4-6-14(11)19-10-16-18-13-8-7-12(17)9-15(13)20-16/h3-9H,2,10,17H2,1H3. The Bertz CT molecular complexity index is 734. The van der Waals surface area contributed by atoms with Crippen LogP contribution in [-0.4, -0.2) is 4.98 Å². The van der Waals surface area contributed by atoms with Crippen LogP contribution in [0.25, 0.3) is 11.1 Å². The molecule has 0 spiro atoms. The molecule has 0 atom stereocenters. The van der Waals surface area contributed by atoms with Gasteiger partial charge in [0.2, 0.25) is 5.89 Å². The van der Waals surface area contributed by atoms with E-state index in [0.717, 1.165) is 17.7 Å². The van der Waals surface area contributed by atoms with Crippen molar-refractivity contribution in [2.24, 2.45) is 0 Å². The van der Waals surface area contributed by atoms with E-state index in [0.29, 0.717) is 23.8 Å². The van der Waals surface area contributed by atoms with Crippen molar-refractivity contribution in [3.63, 3.8) is 0 Å². The highest BCUT2D eigenvalue weighted by Crippen LogP contribution is 2.22. The molecule has 20 heavy (non-hydrogen) atoms. The highest BCUT2D eigenvalue weighted by Gasteiger charge is 2.08. The first-order chi connectivity index (χ1) is 9.76. The smallest absolute Gasteiger partial charge is 0.233 e. The third kappa shape index (κ3) is 2.45. The van der Waals surface area contributed by atoms with E-state index in [1.807, 2.05) is 30.3 Å². The number of hydrogen-bond donors (Lipinski definition) is 1. The molecule has 0 aliphatic rings. The first kappa shape index (κ1) is 12.5. The van der Waals surface area contributed by atoms with Crippen LogP contribution in [0, 0.1) is 0 Å². The molecule has 0 bridgehead atoms. The minimum atomic E-state index is 0.311. The largest absolute Gasteiger partial charge is 0.484 e. The van der Waals surface area contributed by atoms with Gasteiger partial charge in [-0.15, -0.1) is 0 Å². The summed E-state index contributed by atoms with van der Waals surface area (Å²) in [6.45, 7) is 2.41. The number of nitrogens with zero attached hydrogens (tertiary/aromatic N) is 1. The number of nitrogens with two attached hydrogens (primary N) is 1. The third-order valence-electron chi connectivity index (χ3n) is 3.16. The summed E-state index contributed by atoms with van der Waals surface area (Å²) in [5, 5.41) is 0. The summed E-state index contributed by atoms with van der Waals surface area (Å²) in [5.41, 5.74) is 9.04. The Kier molecular flexibility index (Phi) is 3.29. The number of rotatable bonds is 4. The van der Waals surface area contributed by atoms with E-state index in [1.165, 1.54) is 5.56 Å². The van der Waals surface area contributed by atoms with E-state index in [1.54, 1.807) is 6.07 Å². The number of para-hydroxylation sites is 1. The van der Waals surface area contributed by atoms with Gasteiger partial charge >= 0.3 is 0 Å². The fourth-order valence-electron chi connectivity index (χ4n) is 2.13. The molecule has 3 aromatic rings. The van der Waals surface area contributed by atoms with E-state index in [9.17, 15) is 0 Å². The zero-order chi connectivity index (χ0) is 13.9. The number of nitrogen functional groups attached to an aromatic ring is 1. The average molecular weight is 268 g/mol. The lowest BCUT2D eigenvalue weighted by molar-refractivity contribution is 0.265. The van der Waals surface area contributed by atoms with Gasteiger partial charge in [0.25, 0.3) is 0 Å². The van der Waals surface area contributed by atoms with Gasteiger partial charge in [-0.3, -0.25) is 0 Å². The van der Waals surface area contributed by atoms with E-state index in [4.69, 9.17) is 14.9 Å². The average Bonchev–Trinajstić information content (AvgIpc) is 2.87. The molecular formula is C16H16N2O2. The van der Waals surface area contributed by atoms with Crippen molar-refractivity contribution in [2.75, 3.05) is 5.73 Å². The van der Waals surface area contributed by atoms with Crippen molar-refractivity contribution in [1.29, 1.82) is 0 Å². The Morgan fingerprint density at radius 3 is 2.90 bits per heavy atom. The number of anilines is 1. The lowest BCUT2D eigenvalue weighted by atomic mass is 10.1. The first-order valence-electron chi connectivity index (χ1n) is 6.62. The molecule has 0 radical (unpaired) electrons. The lowest BCUT2D eigenvalue weighted by Crippen LogP contribution is -1.98. The topological polar surface area (TPSA) is 61.3 Å². The molecular weight excluding hydrogens is 252 g/mol. The van der Waals surface area contributed by atoms with Gasteiger partial charge in [-0.2, -0.15) is 0 Å². The summed E-state index contributed by atoms with van der Waals surface area (Å²) in [6, 6.07) is 13.4. The molecule has 0 amide bonds. The van der Waals surface area contributed by atoms with E-state index in [-0.39, 0.29) is 0 Å². The molecule has 0 unspecified atom stereocenters. The third-order valence-corrected chi connectivity index (χ3v) is 3.16. The van der Waals surface area contributed by atoms with Crippen molar-refractivity contribution in [3.8, 4) is 5.75 Å². The van der Waals surface area contributed by atoms with Crippen LogP contribution in [0.2, 0.25) is 0 Å². The van der Waals surface area contributed by atoms with Gasteiger partial charge in [0.05, 0.1) is 0 Å². The van der Waals surface area contributed by atoms with Crippen molar-refractivity contribution in [3.05, 3.63) is 53.9 Å². The van der Waals surface area contributed by atoms with Crippen LogP contribution >= 0.6 is 0 Å². The van der Waals surface area contributed by atoms with Crippen molar-refractivity contribution in [1.82, 2.24) is 4.98 Å². The predicted molar refractivity (Wildman–Crippen MR) is 78.6 cm³/mol. The molecule has 0 saturated heterocycles. The minimum absolute atomic E-state index is 0.311. The molecule has 0 aliphatic carbocycles. The van der Waals surface area contributed by atoms with Crippen LogP contribution in [0.3, 0.4) is 0 Å². The van der Waals surface area contributed by atoms with Gasteiger partial charge < -0.3 is 14.9 Å². The SMILES string of the molecule is CCc1ccccc1OCc1nc2ccc(N)cc2o1. The van der Waals surface area contributed by atoms with Crippen LogP contribution in [0.5, 0.6) is 5.75 Å². The van der Waals surface area contributed by atoms with Crippen molar-refractivity contribution in [2.45, 2.75) is 20.0 Å². The summed E-state index contributed by atoms with van der Waals surface area (Å²) in [6.07, 6.45) is 0.931. The Labute approximate surface area is 117 Å². The second-order valence-corrected chi connectivity index (χ2v) is 4.58. The maximum Gasteiger partial charge on any atom is 0.233 e. The fraction of sp³-hybridized carbons (Fsp3) is 0.188. The van der Waals surface area contributed by atoms with Crippen LogP contribution in [-0.2, 0) is 13.0 Å². The van der Waals surface area contributed by atoms with Crippen LogP contribution < -0.4 is 10.5 Å². The summed E-state index contributed by atoms with van der Waals surface area (Å²) >= 11 is 0. The van der Waals surface area contributed by atoms with Gasteiger partial charge in [0.15, 0.2) is 12.2 Å². The molecule has 1 heterocycles. The van der Waals surface area contributed by atoms with E-state index < -0.39 is 0 Å². The van der Waals surface area contributed by atoms with Crippen molar-refractivity contribution < 1.29 is 9.15 Å². The Morgan fingerprint density at radius 1 is 1.20 bits per heavy atom. The summed E-state index contributed by atoms with van der Waals surface area (Å²) in [5.74, 6) is 1.42. The van der Waals surface area contributed by atoms with Crippen LogP contribution in [0.1, 0.15) is 18.4 Å². The highest BCUT2D eigenvalue weighted by molar-refractivity contribution is 5.76. The van der Waals surface area contributed by atoms with Crippen molar-refractivity contribution >= 4 is 16.8 Å². The van der Waals surface area contributed by atoms with E-state index >= 15 is 0 Å². The summed E-state index contributed by atoms with van der Waals surface area (Å²) in [4.78, 5) is 4.38. The highest BCUT2D eigenvalue weighted by atomic mass is 16.5. The maximum atomic E-state index is 5.79. The first-order valence-corrected chi connectivity index (χ1v) is 6.62. The number of aryl methyl sites for hydroxylation is 1. The molecule has 3 rings (SSSR count). The number of aromatic nitrogens is 1. The maximum absolute atomic E-state index is 5.79. The number of benzene rings is 2. The second kappa shape index (κ2) is 5.25. The van der Waals surface area contributed by atoms with Gasteiger partial charge in [-0.25, -0.2) is 4.98 Å². The van der Waals surface area contributed by atoms with Crippen LogP contribution in [0.15, 0.2) is 46.9 Å². The fourth-order valence-corrected chi connectivity index (χ4v) is 2.13. The Morgan fingerprint density at radius 2 is 2.05 bits per heavy atom. The normalized spacial score (nSPS) is 10.8. The molecule has 0 aliphatic heterocycles. The number of oxazole rings is 1. The molecule has 0 fully saturated rings. The van der Waals surface area contributed by atoms with Gasteiger partial charge in [0, 0.05) is 11.8 Å². The number of ether oxygens (including phenoxy) is 1. The van der Waals surface area contributed by atoms with Gasteiger partial charge in [-0.1, -0.05) is 25.1 Å². The Hall–Kier alpha value is -2.49. The predicted octanol–water partition coefficient (Wildman–Crippen LogP) is 3.55. The monoisotopic (exact) mass is 268 g/mol. The molecule has 2 aromatic carbocycles. The zero-order valence-electron chi connectivity index (χ0n) is 11.3. The van der Waals surface area contributed by atoms with Gasteiger partial charge in [-0.05, 0) is 30.2 Å². The molecule has 0 saturated carbocycles. The number of hydrogen-bond acceptors (Lipinski definition) is 4. The van der Waals surface area contributed by atoms with E-state index in [2.05, 4.69) is 18.0 Å². The molecule has 4 heteroatoms.